The van der Waals surface area contributed by atoms with Gasteiger partial charge in [0.15, 0.2) is 4.34 Å². The lowest BCUT2D eigenvalue weighted by Gasteiger charge is -2.14. The Morgan fingerprint density at radius 2 is 2.04 bits per heavy atom. The van der Waals surface area contributed by atoms with Crippen molar-refractivity contribution in [3.63, 3.8) is 0 Å². The van der Waals surface area contributed by atoms with E-state index in [2.05, 4.69) is 37.5 Å². The predicted molar refractivity (Wildman–Crippen MR) is 114 cm³/mol. The minimum atomic E-state index is -0.453. The van der Waals surface area contributed by atoms with Crippen LogP contribution in [0.15, 0.2) is 57.3 Å². The molecule has 0 aliphatic heterocycles. The lowest BCUT2D eigenvalue weighted by atomic mass is 9.95. The minimum absolute atomic E-state index is 0.0228. The van der Waals surface area contributed by atoms with Crippen LogP contribution >= 0.6 is 39.0 Å². The van der Waals surface area contributed by atoms with Crippen molar-refractivity contribution in [3.05, 3.63) is 69.7 Å². The summed E-state index contributed by atoms with van der Waals surface area (Å²) in [6.07, 6.45) is 1.68. The number of nitrogens with zero attached hydrogens (tertiary/aromatic N) is 3. The van der Waals surface area contributed by atoms with E-state index in [1.165, 1.54) is 11.3 Å². The van der Waals surface area contributed by atoms with Gasteiger partial charge in [-0.2, -0.15) is 5.26 Å². The number of carbonyl (C=O) groups is 1. The molecule has 1 saturated carbocycles. The molecule has 8 heteroatoms. The molecule has 5 nitrogen and oxygen atoms in total. The highest BCUT2D eigenvalue weighted by atomic mass is 79.9. The molecular weight excluding hydrogens is 456 g/mol. The first kappa shape index (κ1) is 19.1. The third kappa shape index (κ3) is 4.12. The summed E-state index contributed by atoms with van der Waals surface area (Å²) in [5, 5.41) is 20.6. The molecule has 1 aliphatic carbocycles. The zero-order valence-electron chi connectivity index (χ0n) is 14.7. The van der Waals surface area contributed by atoms with Crippen LogP contribution < -0.4 is 5.32 Å². The van der Waals surface area contributed by atoms with Gasteiger partial charge in [-0.15, -0.1) is 10.2 Å². The maximum atomic E-state index is 12.8. The van der Waals surface area contributed by atoms with E-state index >= 15 is 0 Å². The van der Waals surface area contributed by atoms with Crippen molar-refractivity contribution in [1.82, 2.24) is 10.2 Å². The molecule has 1 aliphatic rings. The van der Waals surface area contributed by atoms with Gasteiger partial charge in [-0.05, 0) is 48.2 Å². The first-order valence-electron chi connectivity index (χ1n) is 8.62. The molecule has 2 aromatic carbocycles. The molecule has 3 aromatic rings. The van der Waals surface area contributed by atoms with Gasteiger partial charge in [-0.25, -0.2) is 0 Å². The van der Waals surface area contributed by atoms with Crippen LogP contribution in [0.25, 0.3) is 0 Å². The lowest BCUT2D eigenvalue weighted by molar-refractivity contribution is -0.118. The van der Waals surface area contributed by atoms with Crippen molar-refractivity contribution < 1.29 is 4.79 Å². The Labute approximate surface area is 179 Å². The zero-order chi connectivity index (χ0) is 19.6. The second-order valence-electron chi connectivity index (χ2n) is 6.52. The Bertz CT molecular complexity index is 1050. The van der Waals surface area contributed by atoms with Gasteiger partial charge in [0, 0.05) is 10.2 Å². The topological polar surface area (TPSA) is 78.7 Å². The van der Waals surface area contributed by atoms with Crippen molar-refractivity contribution in [2.75, 3.05) is 5.32 Å². The fourth-order valence-corrected chi connectivity index (χ4v) is 5.02. The highest BCUT2D eigenvalue weighted by Gasteiger charge is 2.51. The number of aromatic nitrogens is 2. The summed E-state index contributed by atoms with van der Waals surface area (Å²) in [6, 6.07) is 17.5. The maximum Gasteiger partial charge on any atom is 0.236 e. The third-order valence-electron chi connectivity index (χ3n) is 4.63. The van der Waals surface area contributed by atoms with Crippen LogP contribution in [-0.4, -0.2) is 16.1 Å². The van der Waals surface area contributed by atoms with E-state index in [4.69, 9.17) is 5.26 Å². The smallest absolute Gasteiger partial charge is 0.236 e. The molecule has 0 atom stereocenters. The van der Waals surface area contributed by atoms with Crippen molar-refractivity contribution in [2.45, 2.75) is 28.3 Å². The number of thioether (sulfide) groups is 1. The van der Waals surface area contributed by atoms with Crippen molar-refractivity contribution in [2.24, 2.45) is 0 Å². The van der Waals surface area contributed by atoms with Crippen molar-refractivity contribution in [1.29, 1.82) is 5.26 Å². The van der Waals surface area contributed by atoms with E-state index in [1.807, 2.05) is 36.4 Å². The van der Waals surface area contributed by atoms with Gasteiger partial charge in [0.05, 0.1) is 17.0 Å². The molecular formula is C20H15BrN4OS2. The van der Waals surface area contributed by atoms with Gasteiger partial charge in [-0.1, -0.05) is 63.3 Å². The van der Waals surface area contributed by atoms with E-state index in [0.29, 0.717) is 10.7 Å². The molecule has 0 unspecified atom stereocenters. The Hall–Kier alpha value is -2.21. The van der Waals surface area contributed by atoms with Crippen molar-refractivity contribution >= 4 is 50.1 Å². The summed E-state index contributed by atoms with van der Waals surface area (Å²) in [5.41, 5.74) is 2.33. The number of halogens is 1. The Morgan fingerprint density at radius 1 is 1.25 bits per heavy atom. The van der Waals surface area contributed by atoms with E-state index in [1.54, 1.807) is 23.9 Å². The van der Waals surface area contributed by atoms with Gasteiger partial charge in [0.25, 0.3) is 0 Å². The third-order valence-corrected chi connectivity index (χ3v) is 7.17. The summed E-state index contributed by atoms with van der Waals surface area (Å²) in [4.78, 5) is 12.8. The monoisotopic (exact) mass is 470 g/mol. The van der Waals surface area contributed by atoms with Crippen LogP contribution in [0.5, 0.6) is 0 Å². The van der Waals surface area contributed by atoms with Crippen molar-refractivity contribution in [3.8, 4) is 6.07 Å². The molecule has 1 amide bonds. The molecule has 0 spiro atoms. The average Bonchev–Trinajstić information content (AvgIpc) is 3.42. The molecule has 1 heterocycles. The number of anilines is 1. The summed E-state index contributed by atoms with van der Waals surface area (Å²) in [5.74, 6) is 0.710. The van der Waals surface area contributed by atoms with E-state index in [-0.39, 0.29) is 5.91 Å². The molecule has 1 aromatic heterocycles. The number of hydrogen-bond acceptors (Lipinski definition) is 6. The molecule has 28 heavy (non-hydrogen) atoms. The fraction of sp³-hybridized carbons (Fsp3) is 0.200. The van der Waals surface area contributed by atoms with Crippen LogP contribution in [-0.2, 0) is 16.0 Å². The number of nitriles is 1. The van der Waals surface area contributed by atoms with Crippen LogP contribution in [0.1, 0.15) is 29.5 Å². The van der Waals surface area contributed by atoms with Crippen LogP contribution in [0, 0.1) is 11.3 Å². The normalized spacial score (nSPS) is 14.3. The number of carbonyl (C=O) groups excluding carboxylic acids is 1. The number of benzene rings is 2. The van der Waals surface area contributed by atoms with Crippen LogP contribution in [0.2, 0.25) is 0 Å². The summed E-state index contributed by atoms with van der Waals surface area (Å²) < 4.78 is 1.77. The largest absolute Gasteiger partial charge is 0.300 e. The number of nitrogens with one attached hydrogen (secondary N) is 1. The highest BCUT2D eigenvalue weighted by molar-refractivity contribution is 9.10. The first-order valence-corrected chi connectivity index (χ1v) is 11.2. The fourth-order valence-electron chi connectivity index (χ4n) is 2.91. The van der Waals surface area contributed by atoms with Gasteiger partial charge in [0.2, 0.25) is 11.0 Å². The summed E-state index contributed by atoms with van der Waals surface area (Å²) >= 11 is 6.41. The Morgan fingerprint density at radius 3 is 2.71 bits per heavy atom. The average molecular weight is 471 g/mol. The second kappa shape index (κ2) is 8.03. The second-order valence-corrected chi connectivity index (χ2v) is 9.63. The predicted octanol–water partition coefficient (Wildman–Crippen LogP) is 5.13. The molecule has 0 bridgehead atoms. The standard InChI is InChI=1S/C20H15BrN4OS2/c21-16-3-1-2-15(10-16)20(8-9-20)17(26)23-18-24-25-19(28-18)27-12-14-6-4-13(11-22)5-7-14/h1-7,10H,8-9,12H2,(H,23,24,26). The summed E-state index contributed by atoms with van der Waals surface area (Å²) in [6.45, 7) is 0. The van der Waals surface area contributed by atoms with Crippen LogP contribution in [0.3, 0.4) is 0 Å². The number of rotatable bonds is 6. The number of amides is 1. The lowest BCUT2D eigenvalue weighted by Crippen LogP contribution is -2.27. The number of hydrogen-bond donors (Lipinski definition) is 1. The van der Waals surface area contributed by atoms with Gasteiger partial charge in [-0.3, -0.25) is 10.1 Å². The Balaban J connectivity index is 1.38. The maximum absolute atomic E-state index is 12.8. The Kier molecular flexibility index (Phi) is 5.49. The molecule has 140 valence electrons. The minimum Gasteiger partial charge on any atom is -0.300 e. The molecule has 0 radical (unpaired) electrons. The van der Waals surface area contributed by atoms with Gasteiger partial charge in [0.1, 0.15) is 0 Å². The SMILES string of the molecule is N#Cc1ccc(CSc2nnc(NC(=O)C3(c4cccc(Br)c4)CC3)s2)cc1. The van der Waals surface area contributed by atoms with E-state index in [0.717, 1.165) is 38.5 Å². The molecule has 4 rings (SSSR count). The molecule has 0 saturated heterocycles. The molecule has 1 fully saturated rings. The first-order chi connectivity index (χ1) is 13.6. The van der Waals surface area contributed by atoms with Crippen LogP contribution in [0.4, 0.5) is 5.13 Å². The zero-order valence-corrected chi connectivity index (χ0v) is 17.9. The van der Waals surface area contributed by atoms with E-state index in [9.17, 15) is 4.79 Å². The highest BCUT2D eigenvalue weighted by Crippen LogP contribution is 2.49. The van der Waals surface area contributed by atoms with Gasteiger partial charge < -0.3 is 0 Å². The summed E-state index contributed by atoms with van der Waals surface area (Å²) in [7, 11) is 0. The quantitative estimate of drug-likeness (QED) is 0.398. The molecule has 1 N–H and O–H groups in total. The van der Waals surface area contributed by atoms with E-state index < -0.39 is 5.41 Å². The van der Waals surface area contributed by atoms with Gasteiger partial charge >= 0.3 is 0 Å².